The smallest absolute Gasteiger partial charge is 0.266 e. The molecule has 36 heavy (non-hydrogen) atoms. The van der Waals surface area contributed by atoms with Crippen molar-refractivity contribution in [3.05, 3.63) is 78.4 Å². The van der Waals surface area contributed by atoms with Crippen molar-refractivity contribution in [2.24, 2.45) is 5.92 Å². The number of ether oxygens (including phenoxy) is 2. The summed E-state index contributed by atoms with van der Waals surface area (Å²) in [7, 11) is 0. The van der Waals surface area contributed by atoms with Crippen LogP contribution in [0.3, 0.4) is 0 Å². The van der Waals surface area contributed by atoms with E-state index in [0.717, 1.165) is 6.42 Å². The van der Waals surface area contributed by atoms with Crippen LogP contribution in [-0.4, -0.2) is 36.2 Å². The minimum absolute atomic E-state index is 0.00293. The Kier molecular flexibility index (Phi) is 6.52. The van der Waals surface area contributed by atoms with Crippen LogP contribution in [0.15, 0.2) is 72.8 Å². The highest BCUT2D eigenvalue weighted by atomic mass is 16.7. The highest BCUT2D eigenvalue weighted by molar-refractivity contribution is 6.23. The van der Waals surface area contributed by atoms with Gasteiger partial charge in [0.2, 0.25) is 5.91 Å². The molecule has 3 atom stereocenters. The Morgan fingerprint density at radius 2 is 1.64 bits per heavy atom. The molecule has 0 unspecified atom stereocenters. The second-order valence-electron chi connectivity index (χ2n) is 8.67. The molecule has 2 amide bonds. The van der Waals surface area contributed by atoms with Gasteiger partial charge in [-0.05, 0) is 67.4 Å². The van der Waals surface area contributed by atoms with E-state index in [1.54, 1.807) is 41.5 Å². The Balaban J connectivity index is 1.52. The van der Waals surface area contributed by atoms with Crippen LogP contribution in [0.5, 0.6) is 17.2 Å². The van der Waals surface area contributed by atoms with Gasteiger partial charge in [0.05, 0.1) is 30.6 Å². The van der Waals surface area contributed by atoms with E-state index in [4.69, 9.17) is 14.3 Å². The lowest BCUT2D eigenvalue weighted by Crippen LogP contribution is -2.37. The van der Waals surface area contributed by atoms with Gasteiger partial charge in [0.1, 0.15) is 11.7 Å². The van der Waals surface area contributed by atoms with E-state index in [1.807, 2.05) is 44.2 Å². The Bertz CT molecular complexity index is 1250. The summed E-state index contributed by atoms with van der Waals surface area (Å²) in [6.45, 7) is 4.81. The van der Waals surface area contributed by atoms with Crippen LogP contribution in [0.25, 0.3) is 0 Å². The first-order valence-electron chi connectivity index (χ1n) is 12.1. The molecule has 0 aliphatic carbocycles. The number of phenolic OH excluding ortho intramolecular Hbond substituents is 1. The topological polar surface area (TPSA) is 88.5 Å². The van der Waals surface area contributed by atoms with Gasteiger partial charge in [0.15, 0.2) is 17.6 Å². The summed E-state index contributed by atoms with van der Waals surface area (Å²) in [6, 6.07) is 20.6. The molecular formula is C28H28N2O6. The summed E-state index contributed by atoms with van der Waals surface area (Å²) in [5.41, 5.74) is 1.88. The lowest BCUT2D eigenvalue weighted by molar-refractivity contribution is -0.126. The summed E-state index contributed by atoms with van der Waals surface area (Å²) in [5, 5.41) is 11.8. The second-order valence-corrected chi connectivity index (χ2v) is 8.67. The fraction of sp³-hybridized carbons (Fsp3) is 0.286. The number of hydrogen-bond donors (Lipinski definition) is 1. The molecule has 5 rings (SSSR count). The van der Waals surface area contributed by atoms with E-state index >= 15 is 0 Å². The van der Waals surface area contributed by atoms with Crippen LogP contribution in [-0.2, 0) is 14.4 Å². The lowest BCUT2D eigenvalue weighted by atomic mass is 9.90. The van der Waals surface area contributed by atoms with Gasteiger partial charge in [-0.15, -0.1) is 0 Å². The molecule has 0 saturated carbocycles. The van der Waals surface area contributed by atoms with Crippen LogP contribution in [0.1, 0.15) is 31.9 Å². The molecule has 0 spiro atoms. The molecule has 2 aliphatic heterocycles. The number of phenols is 1. The molecule has 2 aliphatic rings. The number of hydrogen-bond acceptors (Lipinski definition) is 7. The summed E-state index contributed by atoms with van der Waals surface area (Å²) in [4.78, 5) is 34.6. The van der Waals surface area contributed by atoms with E-state index in [1.165, 1.54) is 11.0 Å². The number of benzene rings is 3. The standard InChI is InChI=1S/C28H28N2O6/c1-3-16-35-21-13-11-19(12-14-21)29-27(32)24-25(18-10-15-22(31)23(17-18)34-4-2)30(36-26(24)28(29)33)20-8-6-5-7-9-20/h5-15,17,24-26,31H,3-4,16H2,1-2H3/t24-,25+,26-/m1/s1. The van der Waals surface area contributed by atoms with Crippen LogP contribution < -0.4 is 19.4 Å². The Morgan fingerprint density at radius 1 is 0.889 bits per heavy atom. The number of para-hydroxylation sites is 1. The van der Waals surface area contributed by atoms with Crippen LogP contribution in [0, 0.1) is 5.92 Å². The zero-order valence-electron chi connectivity index (χ0n) is 20.2. The van der Waals surface area contributed by atoms with Crippen molar-refractivity contribution in [2.75, 3.05) is 23.2 Å². The van der Waals surface area contributed by atoms with Crippen molar-refractivity contribution in [1.29, 1.82) is 0 Å². The number of hydroxylamine groups is 1. The molecule has 186 valence electrons. The molecule has 2 saturated heterocycles. The molecule has 1 N–H and O–H groups in total. The molecular weight excluding hydrogens is 460 g/mol. The molecule has 8 nitrogen and oxygen atoms in total. The predicted molar refractivity (Wildman–Crippen MR) is 134 cm³/mol. The van der Waals surface area contributed by atoms with Gasteiger partial charge in [-0.2, -0.15) is 0 Å². The van der Waals surface area contributed by atoms with Gasteiger partial charge >= 0.3 is 0 Å². The van der Waals surface area contributed by atoms with Crippen molar-refractivity contribution in [1.82, 2.24) is 0 Å². The van der Waals surface area contributed by atoms with Gasteiger partial charge in [-0.3, -0.25) is 14.4 Å². The number of carbonyl (C=O) groups is 2. The highest BCUT2D eigenvalue weighted by Gasteiger charge is 2.60. The van der Waals surface area contributed by atoms with E-state index in [-0.39, 0.29) is 11.7 Å². The molecule has 3 aromatic carbocycles. The first-order valence-corrected chi connectivity index (χ1v) is 12.1. The minimum Gasteiger partial charge on any atom is -0.504 e. The fourth-order valence-electron chi connectivity index (χ4n) is 4.70. The van der Waals surface area contributed by atoms with E-state index < -0.39 is 24.0 Å². The van der Waals surface area contributed by atoms with Gasteiger partial charge in [-0.1, -0.05) is 31.2 Å². The third-order valence-electron chi connectivity index (χ3n) is 6.32. The third-order valence-corrected chi connectivity index (χ3v) is 6.32. The maximum Gasteiger partial charge on any atom is 0.266 e. The number of rotatable bonds is 8. The first-order chi connectivity index (χ1) is 17.5. The lowest BCUT2D eigenvalue weighted by Gasteiger charge is -2.29. The summed E-state index contributed by atoms with van der Waals surface area (Å²) in [6.07, 6.45) is -0.101. The molecule has 3 aromatic rings. The summed E-state index contributed by atoms with van der Waals surface area (Å²) >= 11 is 0. The Morgan fingerprint density at radius 3 is 2.33 bits per heavy atom. The molecule has 2 fully saturated rings. The number of imide groups is 1. The van der Waals surface area contributed by atoms with Crippen LogP contribution >= 0.6 is 0 Å². The molecule has 0 radical (unpaired) electrons. The maximum atomic E-state index is 13.8. The predicted octanol–water partition coefficient (Wildman–Crippen LogP) is 4.63. The van der Waals surface area contributed by atoms with E-state index in [0.29, 0.717) is 41.7 Å². The number of carbonyl (C=O) groups excluding carboxylic acids is 2. The minimum atomic E-state index is -0.983. The number of nitrogens with zero attached hydrogens (tertiary/aromatic N) is 2. The maximum absolute atomic E-state index is 13.8. The van der Waals surface area contributed by atoms with Gasteiger partial charge in [-0.25, -0.2) is 9.96 Å². The summed E-state index contributed by atoms with van der Waals surface area (Å²) in [5.74, 6) is -0.559. The SMILES string of the molecule is CCCOc1ccc(N2C(=O)[C@H]3[C@@H](ON(c4ccccc4)[C@H]3c3ccc(O)c(OCC)c3)C2=O)cc1. The van der Waals surface area contributed by atoms with E-state index in [2.05, 4.69) is 0 Å². The molecule has 2 heterocycles. The van der Waals surface area contributed by atoms with Crippen molar-refractivity contribution in [3.8, 4) is 17.2 Å². The Hall–Kier alpha value is -4.04. The highest BCUT2D eigenvalue weighted by Crippen LogP contribution is 2.48. The van der Waals surface area contributed by atoms with Crippen LogP contribution in [0.2, 0.25) is 0 Å². The summed E-state index contributed by atoms with van der Waals surface area (Å²) < 4.78 is 11.2. The quantitative estimate of drug-likeness (QED) is 0.463. The van der Waals surface area contributed by atoms with Crippen molar-refractivity contribution < 1.29 is 29.0 Å². The first kappa shape index (κ1) is 23.7. The number of anilines is 2. The largest absolute Gasteiger partial charge is 0.504 e. The number of amides is 2. The third kappa shape index (κ3) is 4.13. The monoisotopic (exact) mass is 488 g/mol. The van der Waals surface area contributed by atoms with Crippen LogP contribution in [0.4, 0.5) is 11.4 Å². The van der Waals surface area contributed by atoms with Crippen molar-refractivity contribution in [3.63, 3.8) is 0 Å². The normalized spacial score (nSPS) is 21.1. The van der Waals surface area contributed by atoms with Gasteiger partial charge < -0.3 is 14.6 Å². The number of aromatic hydroxyl groups is 1. The van der Waals surface area contributed by atoms with E-state index in [9.17, 15) is 14.7 Å². The number of fused-ring (bicyclic) bond motifs is 1. The Labute approximate surface area is 209 Å². The van der Waals surface area contributed by atoms with Gasteiger partial charge in [0, 0.05) is 0 Å². The zero-order valence-corrected chi connectivity index (χ0v) is 20.2. The molecule has 8 heteroatoms. The molecule has 0 aromatic heterocycles. The van der Waals surface area contributed by atoms with Crippen molar-refractivity contribution in [2.45, 2.75) is 32.4 Å². The zero-order chi connectivity index (χ0) is 25.2. The van der Waals surface area contributed by atoms with Gasteiger partial charge in [0.25, 0.3) is 5.91 Å². The molecule has 0 bridgehead atoms. The fourth-order valence-corrected chi connectivity index (χ4v) is 4.70. The second kappa shape index (κ2) is 9.91. The average molecular weight is 489 g/mol. The van der Waals surface area contributed by atoms with Crippen molar-refractivity contribution >= 4 is 23.2 Å². The average Bonchev–Trinajstić information content (AvgIpc) is 3.41.